The van der Waals surface area contributed by atoms with Gasteiger partial charge < -0.3 is 14.0 Å². The fourth-order valence-corrected chi connectivity index (χ4v) is 3.94. The third kappa shape index (κ3) is 3.58. The molecule has 0 radical (unpaired) electrons. The van der Waals surface area contributed by atoms with Gasteiger partial charge in [-0.1, -0.05) is 23.4 Å². The van der Waals surface area contributed by atoms with E-state index in [1.165, 1.54) is 12.3 Å². The molecule has 6 rings (SSSR count). The highest BCUT2D eigenvalue weighted by Crippen LogP contribution is 2.27. The Morgan fingerprint density at radius 3 is 2.79 bits per heavy atom. The Kier molecular flexibility index (Phi) is 4.82. The van der Waals surface area contributed by atoms with Gasteiger partial charge >= 0.3 is 0 Å². The highest BCUT2D eigenvalue weighted by Gasteiger charge is 2.24. The molecule has 0 atom stereocenters. The summed E-state index contributed by atoms with van der Waals surface area (Å²) in [5.74, 6) is 0.239. The number of nitrogens with zero attached hydrogens (tertiary/aromatic N) is 9. The van der Waals surface area contributed by atoms with Crippen molar-refractivity contribution in [3.63, 3.8) is 0 Å². The summed E-state index contributed by atoms with van der Waals surface area (Å²) < 4.78 is 37.5. The van der Waals surface area contributed by atoms with Crippen LogP contribution in [-0.4, -0.2) is 46.2 Å². The van der Waals surface area contributed by atoms with Crippen molar-refractivity contribution in [2.45, 2.75) is 19.6 Å². The van der Waals surface area contributed by atoms with Crippen LogP contribution < -0.4 is 4.90 Å². The molecule has 0 fully saturated rings. The minimum Gasteiger partial charge on any atom is -0.364 e. The van der Waals surface area contributed by atoms with E-state index in [1.807, 2.05) is 4.57 Å². The van der Waals surface area contributed by atoms with E-state index in [2.05, 4.69) is 30.4 Å². The highest BCUT2D eigenvalue weighted by molar-refractivity contribution is 5.63. The van der Waals surface area contributed by atoms with Crippen LogP contribution in [0.3, 0.4) is 0 Å². The lowest BCUT2D eigenvalue weighted by atomic mass is 10.2. The van der Waals surface area contributed by atoms with Gasteiger partial charge in [-0.15, -0.1) is 10.2 Å². The first kappa shape index (κ1) is 20.1. The van der Waals surface area contributed by atoms with Crippen molar-refractivity contribution in [3.8, 4) is 22.9 Å². The molecular formula is C22H17F2N9O. The molecule has 0 aliphatic carbocycles. The second-order valence-corrected chi connectivity index (χ2v) is 7.78. The first-order chi connectivity index (χ1) is 16.7. The largest absolute Gasteiger partial charge is 0.364 e. The predicted molar refractivity (Wildman–Crippen MR) is 115 cm³/mol. The van der Waals surface area contributed by atoms with Crippen molar-refractivity contribution in [2.75, 3.05) is 11.4 Å². The monoisotopic (exact) mass is 461 g/mol. The van der Waals surface area contributed by atoms with Gasteiger partial charge in [0.25, 0.3) is 0 Å². The second-order valence-electron chi connectivity index (χ2n) is 7.78. The molecule has 0 saturated carbocycles. The number of anilines is 1. The van der Waals surface area contributed by atoms with Crippen LogP contribution >= 0.6 is 0 Å². The lowest BCUT2D eigenvalue weighted by Gasteiger charge is -2.28. The van der Waals surface area contributed by atoms with Crippen LogP contribution in [0, 0.1) is 11.6 Å². The molecule has 5 heterocycles. The van der Waals surface area contributed by atoms with Gasteiger partial charge in [0, 0.05) is 24.7 Å². The third-order valence-electron chi connectivity index (χ3n) is 5.65. The topological polar surface area (TPSA) is 104 Å². The Hall–Kier alpha value is -4.48. The summed E-state index contributed by atoms with van der Waals surface area (Å²) in [6, 6.07) is 9.87. The molecule has 1 aliphatic heterocycles. The number of aromatic nitrogens is 8. The first-order valence-corrected chi connectivity index (χ1v) is 10.5. The van der Waals surface area contributed by atoms with E-state index in [4.69, 9.17) is 4.52 Å². The van der Waals surface area contributed by atoms with E-state index >= 15 is 0 Å². The summed E-state index contributed by atoms with van der Waals surface area (Å²) in [5.41, 5.74) is 1.97. The van der Waals surface area contributed by atoms with E-state index in [9.17, 15) is 8.78 Å². The summed E-state index contributed by atoms with van der Waals surface area (Å²) in [6.07, 6.45) is 4.22. The fourth-order valence-electron chi connectivity index (χ4n) is 3.94. The molecule has 12 heteroatoms. The van der Waals surface area contributed by atoms with E-state index in [0.717, 1.165) is 12.0 Å². The smallest absolute Gasteiger partial charge is 0.183 e. The van der Waals surface area contributed by atoms with Crippen molar-refractivity contribution in [1.82, 2.24) is 39.7 Å². The van der Waals surface area contributed by atoms with Gasteiger partial charge in [0.15, 0.2) is 23.3 Å². The Morgan fingerprint density at radius 2 is 1.94 bits per heavy atom. The van der Waals surface area contributed by atoms with Crippen molar-refractivity contribution in [3.05, 3.63) is 78.2 Å². The average molecular weight is 461 g/mol. The SMILES string of the molecule is Fc1ccccc1Cn1nc(-c2ncc(F)c(N3CCn4cnnc4C3)n2)cc1-c1ccon1. The maximum atomic E-state index is 14.7. The number of fused-ring (bicyclic) bond motifs is 1. The zero-order chi connectivity index (χ0) is 23.1. The Labute approximate surface area is 191 Å². The fraction of sp³-hybridized carbons (Fsp3) is 0.182. The number of hydrogen-bond acceptors (Lipinski definition) is 8. The summed E-state index contributed by atoms with van der Waals surface area (Å²) in [6.45, 7) is 1.70. The van der Waals surface area contributed by atoms with Gasteiger partial charge in [-0.25, -0.2) is 18.7 Å². The van der Waals surface area contributed by atoms with Crippen molar-refractivity contribution in [1.29, 1.82) is 0 Å². The maximum Gasteiger partial charge on any atom is 0.183 e. The Morgan fingerprint density at radius 1 is 1.03 bits per heavy atom. The molecule has 0 spiro atoms. The summed E-state index contributed by atoms with van der Waals surface area (Å²) >= 11 is 0. The van der Waals surface area contributed by atoms with Crippen molar-refractivity contribution >= 4 is 5.82 Å². The van der Waals surface area contributed by atoms with Gasteiger partial charge in [0.05, 0.1) is 25.0 Å². The minimum absolute atomic E-state index is 0.157. The molecular weight excluding hydrogens is 444 g/mol. The maximum absolute atomic E-state index is 14.7. The average Bonchev–Trinajstić information content (AvgIpc) is 3.61. The predicted octanol–water partition coefficient (Wildman–Crippen LogP) is 2.93. The van der Waals surface area contributed by atoms with Gasteiger partial charge in [-0.2, -0.15) is 5.10 Å². The van der Waals surface area contributed by atoms with Gasteiger partial charge in [-0.3, -0.25) is 4.68 Å². The Bertz CT molecular complexity index is 1460. The van der Waals surface area contributed by atoms with E-state index in [0.29, 0.717) is 42.3 Å². The molecule has 0 unspecified atom stereocenters. The lowest BCUT2D eigenvalue weighted by Crippen LogP contribution is -2.35. The number of rotatable bonds is 5. The third-order valence-corrected chi connectivity index (χ3v) is 5.65. The van der Waals surface area contributed by atoms with Gasteiger partial charge in [-0.05, 0) is 12.1 Å². The Balaban J connectivity index is 1.38. The normalized spacial score (nSPS) is 13.3. The molecule has 0 saturated heterocycles. The molecule has 0 bridgehead atoms. The standard InChI is InChI=1S/C22H17F2N9O/c23-15-4-2-1-3-14(15)11-33-19(17-5-8-34-30-17)9-18(29-33)21-25-10-16(24)22(27-21)31-6-7-32-13-26-28-20(32)12-31/h1-5,8-10,13H,6-7,11-12H2. The van der Waals surface area contributed by atoms with Gasteiger partial charge in [0.2, 0.25) is 0 Å². The first-order valence-electron chi connectivity index (χ1n) is 10.5. The zero-order valence-corrected chi connectivity index (χ0v) is 17.7. The van der Waals surface area contributed by atoms with E-state index < -0.39 is 5.82 Å². The molecule has 1 aliphatic rings. The summed E-state index contributed by atoms with van der Waals surface area (Å²) in [7, 11) is 0. The van der Waals surface area contributed by atoms with E-state index in [1.54, 1.807) is 46.2 Å². The molecule has 170 valence electrons. The molecule has 4 aromatic heterocycles. The minimum atomic E-state index is -0.542. The second kappa shape index (κ2) is 8.14. The molecule has 10 nitrogen and oxygen atoms in total. The molecule has 0 amide bonds. The van der Waals surface area contributed by atoms with Crippen LogP contribution in [0.15, 0.2) is 59.7 Å². The van der Waals surface area contributed by atoms with Crippen molar-refractivity contribution < 1.29 is 13.3 Å². The molecule has 5 aromatic rings. The zero-order valence-electron chi connectivity index (χ0n) is 17.7. The molecule has 34 heavy (non-hydrogen) atoms. The van der Waals surface area contributed by atoms with Crippen LogP contribution in [-0.2, 0) is 19.6 Å². The quantitative estimate of drug-likeness (QED) is 0.394. The van der Waals surface area contributed by atoms with Crippen LogP contribution in [0.4, 0.5) is 14.6 Å². The molecule has 1 aromatic carbocycles. The number of benzene rings is 1. The van der Waals surface area contributed by atoms with Crippen molar-refractivity contribution in [2.24, 2.45) is 0 Å². The highest BCUT2D eigenvalue weighted by atomic mass is 19.1. The lowest BCUT2D eigenvalue weighted by molar-refractivity contribution is 0.421. The summed E-state index contributed by atoms with van der Waals surface area (Å²) in [5, 5.41) is 16.6. The number of halogens is 2. The van der Waals surface area contributed by atoms with E-state index in [-0.39, 0.29) is 24.0 Å². The van der Waals surface area contributed by atoms with Crippen LogP contribution in [0.1, 0.15) is 11.4 Å². The number of hydrogen-bond donors (Lipinski definition) is 0. The van der Waals surface area contributed by atoms with Crippen LogP contribution in [0.25, 0.3) is 22.9 Å². The molecule has 0 N–H and O–H groups in total. The van der Waals surface area contributed by atoms with Crippen LogP contribution in [0.5, 0.6) is 0 Å². The van der Waals surface area contributed by atoms with Crippen LogP contribution in [0.2, 0.25) is 0 Å². The summed E-state index contributed by atoms with van der Waals surface area (Å²) in [4.78, 5) is 10.4. The van der Waals surface area contributed by atoms with Gasteiger partial charge in [0.1, 0.15) is 29.8 Å².